The molecule has 5 rings (SSSR count). The summed E-state index contributed by atoms with van der Waals surface area (Å²) in [6, 6.07) is 4.38. The summed E-state index contributed by atoms with van der Waals surface area (Å²) >= 11 is 1.61. The van der Waals surface area contributed by atoms with Crippen molar-refractivity contribution in [2.24, 2.45) is 10.9 Å². The molecule has 180 valence electrons. The van der Waals surface area contributed by atoms with Gasteiger partial charge in [0.15, 0.2) is 5.82 Å². The minimum atomic E-state index is -0.916. The Labute approximate surface area is 203 Å². The quantitative estimate of drug-likeness (QED) is 0.553. The molecule has 0 saturated carbocycles. The molecule has 2 N–H and O–H groups in total. The monoisotopic (exact) mass is 497 g/mol. The van der Waals surface area contributed by atoms with Crippen LogP contribution in [-0.4, -0.2) is 54.8 Å². The molecule has 35 heavy (non-hydrogen) atoms. The van der Waals surface area contributed by atoms with Crippen LogP contribution in [0.5, 0.6) is 0 Å². The molecular weight excluding hydrogens is 476 g/mol. The highest BCUT2D eigenvalue weighted by atomic mass is 32.2. The Balaban J connectivity index is 1.48. The number of aliphatic hydroxyl groups is 1. The number of nitrogens with zero attached hydrogens (tertiary/aromatic N) is 6. The first-order valence-electron chi connectivity index (χ1n) is 10.8. The van der Waals surface area contributed by atoms with Crippen LogP contribution < -0.4 is 10.2 Å². The van der Waals surface area contributed by atoms with Crippen LogP contribution in [0.3, 0.4) is 0 Å². The highest BCUT2D eigenvalue weighted by molar-refractivity contribution is 8.13. The second-order valence-corrected chi connectivity index (χ2v) is 9.56. The Morgan fingerprint density at radius 2 is 2.00 bits per heavy atom. The van der Waals surface area contributed by atoms with Crippen molar-refractivity contribution in [3.8, 4) is 0 Å². The number of aliphatic hydroxyl groups excluding tert-OH is 1. The molecule has 12 heteroatoms. The van der Waals surface area contributed by atoms with Gasteiger partial charge in [-0.05, 0) is 25.1 Å². The van der Waals surface area contributed by atoms with E-state index in [0.29, 0.717) is 36.0 Å². The number of aromatic nitrogens is 4. The van der Waals surface area contributed by atoms with Crippen molar-refractivity contribution in [3.05, 3.63) is 71.6 Å². The number of carbonyl (C=O) groups excluding carboxylic acids is 1. The van der Waals surface area contributed by atoms with Crippen molar-refractivity contribution in [1.82, 2.24) is 19.9 Å². The van der Waals surface area contributed by atoms with Gasteiger partial charge in [0.25, 0.3) is 5.91 Å². The first-order chi connectivity index (χ1) is 16.9. The van der Waals surface area contributed by atoms with Crippen LogP contribution in [0.1, 0.15) is 28.7 Å². The van der Waals surface area contributed by atoms with Crippen LogP contribution in [0.4, 0.5) is 20.4 Å². The molecule has 1 amide bonds. The smallest absolute Gasteiger partial charge is 0.275 e. The van der Waals surface area contributed by atoms with E-state index in [4.69, 9.17) is 10.1 Å². The third-order valence-electron chi connectivity index (χ3n) is 6.08. The summed E-state index contributed by atoms with van der Waals surface area (Å²) in [5, 5.41) is 12.7. The van der Waals surface area contributed by atoms with Gasteiger partial charge in [-0.1, -0.05) is 0 Å². The van der Waals surface area contributed by atoms with Crippen LogP contribution in [0.15, 0.2) is 48.0 Å². The zero-order valence-corrected chi connectivity index (χ0v) is 19.5. The number of nitrogens with one attached hydrogen (secondary N) is 1. The molecule has 2 atom stereocenters. The molecule has 1 saturated heterocycles. The molecule has 2 aromatic heterocycles. The Morgan fingerprint density at radius 1 is 1.20 bits per heavy atom. The maximum absolute atomic E-state index is 15.3. The Hall–Kier alpha value is -3.51. The van der Waals surface area contributed by atoms with E-state index in [1.54, 1.807) is 17.8 Å². The SMILES string of the molecule is CC1=N[C@@]2(c3cc(NC(=O)c4cnc(CO)cn4)ccc3F)CN(c3ncc(F)cn3)C[C@H]2CS1. The number of fused-ring (bicyclic) bond motifs is 1. The lowest BCUT2D eigenvalue weighted by molar-refractivity contribution is 0.102. The average Bonchev–Trinajstić information content (AvgIpc) is 3.25. The molecular formula is C23H21F2N7O2S. The Morgan fingerprint density at radius 3 is 2.71 bits per heavy atom. The van der Waals surface area contributed by atoms with E-state index in [1.165, 1.54) is 24.5 Å². The topological polar surface area (TPSA) is 116 Å². The van der Waals surface area contributed by atoms with Crippen molar-refractivity contribution in [3.63, 3.8) is 0 Å². The van der Waals surface area contributed by atoms with E-state index in [0.717, 1.165) is 23.2 Å². The molecule has 9 nitrogen and oxygen atoms in total. The standard InChI is InChI=1S/C23H21F2N7O2S/c1-13-31-23(12-32(9-14(23)11-35-13)22-28-5-15(24)6-29-22)18-4-16(2-3-19(18)25)30-21(34)20-8-26-17(10-33)7-27-20/h2-8,14,33H,9-12H2,1H3,(H,30,34)/t14-,23-/m0/s1. The van der Waals surface area contributed by atoms with Gasteiger partial charge in [0.1, 0.15) is 17.1 Å². The van der Waals surface area contributed by atoms with Crippen molar-refractivity contribution >= 4 is 34.3 Å². The van der Waals surface area contributed by atoms with Gasteiger partial charge in [0.2, 0.25) is 5.95 Å². The normalized spacial score (nSPS) is 21.4. The highest BCUT2D eigenvalue weighted by Gasteiger charge is 2.51. The lowest BCUT2D eigenvalue weighted by Gasteiger charge is -2.35. The van der Waals surface area contributed by atoms with Crippen LogP contribution in [-0.2, 0) is 12.1 Å². The zero-order valence-electron chi connectivity index (χ0n) is 18.7. The first kappa shape index (κ1) is 23.2. The fourth-order valence-corrected chi connectivity index (χ4v) is 5.47. The van der Waals surface area contributed by atoms with E-state index in [9.17, 15) is 9.18 Å². The van der Waals surface area contributed by atoms with Gasteiger partial charge >= 0.3 is 0 Å². The van der Waals surface area contributed by atoms with Gasteiger partial charge in [0, 0.05) is 29.5 Å². The van der Waals surface area contributed by atoms with Gasteiger partial charge in [0.05, 0.1) is 48.7 Å². The predicted molar refractivity (Wildman–Crippen MR) is 127 cm³/mol. The molecule has 0 spiro atoms. The van der Waals surface area contributed by atoms with Crippen molar-refractivity contribution in [2.45, 2.75) is 19.1 Å². The molecule has 0 radical (unpaired) electrons. The lowest BCUT2D eigenvalue weighted by Crippen LogP contribution is -2.39. The largest absolute Gasteiger partial charge is 0.390 e. The first-order valence-corrected chi connectivity index (χ1v) is 11.8. The van der Waals surface area contributed by atoms with Crippen LogP contribution >= 0.6 is 11.8 Å². The van der Waals surface area contributed by atoms with Gasteiger partial charge in [-0.15, -0.1) is 11.8 Å². The van der Waals surface area contributed by atoms with Crippen molar-refractivity contribution < 1.29 is 18.7 Å². The number of thioether (sulfide) groups is 1. The Bertz CT molecular complexity index is 1290. The summed E-state index contributed by atoms with van der Waals surface area (Å²) in [5.74, 6) is -0.467. The molecule has 4 heterocycles. The summed E-state index contributed by atoms with van der Waals surface area (Å²) < 4.78 is 28.7. The summed E-state index contributed by atoms with van der Waals surface area (Å²) in [7, 11) is 0. The summed E-state index contributed by atoms with van der Waals surface area (Å²) in [5.41, 5.74) is 0.226. The van der Waals surface area contributed by atoms with E-state index < -0.39 is 23.1 Å². The fraction of sp³-hybridized carbons (Fsp3) is 0.304. The second-order valence-electron chi connectivity index (χ2n) is 8.34. The van der Waals surface area contributed by atoms with Crippen LogP contribution in [0, 0.1) is 17.6 Å². The molecule has 2 aliphatic rings. The fourth-order valence-electron chi connectivity index (χ4n) is 4.42. The van der Waals surface area contributed by atoms with E-state index in [1.807, 2.05) is 11.8 Å². The van der Waals surface area contributed by atoms with Crippen LogP contribution in [0.2, 0.25) is 0 Å². The number of amides is 1. The molecule has 2 aliphatic heterocycles. The van der Waals surface area contributed by atoms with E-state index in [-0.39, 0.29) is 18.2 Å². The van der Waals surface area contributed by atoms with E-state index >= 15 is 4.39 Å². The number of halogens is 2. The second kappa shape index (κ2) is 9.27. The maximum Gasteiger partial charge on any atom is 0.275 e. The summed E-state index contributed by atoms with van der Waals surface area (Å²) in [6.07, 6.45) is 4.79. The lowest BCUT2D eigenvalue weighted by atomic mass is 9.81. The Kier molecular flexibility index (Phi) is 6.15. The minimum absolute atomic E-state index is 0.0535. The maximum atomic E-state index is 15.3. The molecule has 0 aliphatic carbocycles. The molecule has 0 bridgehead atoms. The van der Waals surface area contributed by atoms with Crippen LogP contribution in [0.25, 0.3) is 0 Å². The number of hydrogen-bond donors (Lipinski definition) is 2. The summed E-state index contributed by atoms with van der Waals surface area (Å²) in [4.78, 5) is 35.6. The molecule has 0 unspecified atom stereocenters. The van der Waals surface area contributed by atoms with Gasteiger partial charge in [-0.25, -0.2) is 23.7 Å². The number of hydrogen-bond acceptors (Lipinski definition) is 9. The third kappa shape index (κ3) is 4.46. The van der Waals surface area contributed by atoms with Gasteiger partial charge < -0.3 is 15.3 Å². The van der Waals surface area contributed by atoms with Gasteiger partial charge in [-0.2, -0.15) is 0 Å². The zero-order chi connectivity index (χ0) is 24.6. The predicted octanol–water partition coefficient (Wildman–Crippen LogP) is 2.79. The average molecular weight is 498 g/mol. The summed E-state index contributed by atoms with van der Waals surface area (Å²) in [6.45, 7) is 2.44. The minimum Gasteiger partial charge on any atom is -0.390 e. The number of anilines is 2. The number of benzene rings is 1. The molecule has 1 aromatic carbocycles. The number of carbonyl (C=O) groups is 1. The van der Waals surface area contributed by atoms with Gasteiger partial charge in [-0.3, -0.25) is 14.8 Å². The molecule has 1 fully saturated rings. The highest BCUT2D eigenvalue weighted by Crippen LogP contribution is 2.47. The number of rotatable bonds is 5. The van der Waals surface area contributed by atoms with E-state index in [2.05, 4.69) is 25.3 Å². The van der Waals surface area contributed by atoms with Crippen molar-refractivity contribution in [2.75, 3.05) is 29.1 Å². The van der Waals surface area contributed by atoms with Crippen molar-refractivity contribution in [1.29, 1.82) is 0 Å². The third-order valence-corrected chi connectivity index (χ3v) is 7.16. The molecule has 3 aromatic rings. The number of aliphatic imine (C=N–C) groups is 1.